The maximum absolute atomic E-state index is 11.3. The molecule has 0 bridgehead atoms. The van der Waals surface area contributed by atoms with E-state index in [1.165, 1.54) is 25.3 Å². The minimum Gasteiger partial charge on any atom is -0.493 e. The predicted octanol–water partition coefficient (Wildman–Crippen LogP) is 2.81. The molecule has 0 aromatic heterocycles. The van der Waals surface area contributed by atoms with Crippen LogP contribution in [0.3, 0.4) is 0 Å². The molecule has 9 nitrogen and oxygen atoms in total. The highest BCUT2D eigenvalue weighted by molar-refractivity contribution is 7.47. The molecule has 0 radical (unpaired) electrons. The van der Waals surface area contributed by atoms with Crippen molar-refractivity contribution in [3.8, 4) is 17.2 Å². The van der Waals surface area contributed by atoms with Crippen LogP contribution in [-0.4, -0.2) is 26.7 Å². The maximum atomic E-state index is 11.3. The summed E-state index contributed by atoms with van der Waals surface area (Å²) < 4.78 is 36.6. The van der Waals surface area contributed by atoms with Gasteiger partial charge in [-0.3, -0.25) is 19.6 Å². The quantitative estimate of drug-likeness (QED) is 0.406. The van der Waals surface area contributed by atoms with Crippen LogP contribution in [0.4, 0.5) is 0 Å². The number of rotatable bonds is 7. The molecule has 0 fully saturated rings. The van der Waals surface area contributed by atoms with Gasteiger partial charge in [-0.15, -0.1) is 0 Å². The second-order valence-corrected chi connectivity index (χ2v) is 7.25. The van der Waals surface area contributed by atoms with E-state index in [0.29, 0.717) is 0 Å². The first-order chi connectivity index (χ1) is 12.1. The molecule has 0 atom stereocenters. The van der Waals surface area contributed by atoms with Gasteiger partial charge in [-0.2, -0.15) is 0 Å². The van der Waals surface area contributed by atoms with Gasteiger partial charge < -0.3 is 13.8 Å². The molecule has 0 aliphatic carbocycles. The number of ether oxygens (including phenoxy) is 1. The standard InChI is InChI=1S/C15H16O9P2/c1-22-13-10-9-12(8-7-11-5-3-2-4-6-11)14(23-25(16,17)18)15(13)24-26(19,20)21/h2-10H,1H3,(H2,16,17,18)(H2,19,20,21)/b8-7-. The lowest BCUT2D eigenvalue weighted by atomic mass is 10.1. The lowest BCUT2D eigenvalue weighted by Crippen LogP contribution is -2.00. The Kier molecular flexibility index (Phi) is 6.26. The summed E-state index contributed by atoms with van der Waals surface area (Å²) in [6.45, 7) is 0. The van der Waals surface area contributed by atoms with Gasteiger partial charge in [-0.05, 0) is 17.7 Å². The topological polar surface area (TPSA) is 143 Å². The van der Waals surface area contributed by atoms with Crippen molar-refractivity contribution in [3.63, 3.8) is 0 Å². The van der Waals surface area contributed by atoms with E-state index < -0.39 is 27.1 Å². The number of benzene rings is 2. The summed E-state index contributed by atoms with van der Waals surface area (Å²) in [6.07, 6.45) is 3.07. The van der Waals surface area contributed by atoms with E-state index in [-0.39, 0.29) is 11.3 Å². The summed E-state index contributed by atoms with van der Waals surface area (Å²) in [4.78, 5) is 36.4. The van der Waals surface area contributed by atoms with Gasteiger partial charge in [0.05, 0.1) is 7.11 Å². The third-order valence-electron chi connectivity index (χ3n) is 3.00. The Morgan fingerprint density at radius 3 is 1.92 bits per heavy atom. The van der Waals surface area contributed by atoms with E-state index in [0.717, 1.165) is 5.56 Å². The van der Waals surface area contributed by atoms with Crippen molar-refractivity contribution in [2.45, 2.75) is 0 Å². The normalized spacial score (nSPS) is 12.2. The summed E-state index contributed by atoms with van der Waals surface area (Å²) in [5, 5.41) is 0. The first-order valence-electron chi connectivity index (χ1n) is 7.03. The minimum atomic E-state index is -5.06. The largest absolute Gasteiger partial charge is 0.525 e. The first-order valence-corrected chi connectivity index (χ1v) is 10.1. The van der Waals surface area contributed by atoms with Gasteiger partial charge in [0.25, 0.3) is 0 Å². The number of methoxy groups -OCH3 is 1. The van der Waals surface area contributed by atoms with Crippen LogP contribution in [-0.2, 0) is 9.13 Å². The summed E-state index contributed by atoms with van der Waals surface area (Å²) in [6, 6.07) is 11.7. The third kappa shape index (κ3) is 6.00. The minimum absolute atomic E-state index is 0.112. The summed E-state index contributed by atoms with van der Waals surface area (Å²) in [7, 11) is -8.91. The Hall–Kier alpha value is -2.12. The molecule has 2 rings (SSSR count). The van der Waals surface area contributed by atoms with E-state index in [2.05, 4.69) is 9.05 Å². The second kappa shape index (κ2) is 8.05. The van der Waals surface area contributed by atoms with Crippen molar-refractivity contribution in [3.05, 3.63) is 53.6 Å². The van der Waals surface area contributed by atoms with Crippen molar-refractivity contribution in [2.75, 3.05) is 7.11 Å². The second-order valence-electron chi connectivity index (χ2n) is 4.92. The number of hydrogen-bond acceptors (Lipinski definition) is 5. The van der Waals surface area contributed by atoms with Gasteiger partial charge in [-0.1, -0.05) is 42.5 Å². The van der Waals surface area contributed by atoms with Crippen LogP contribution in [0.15, 0.2) is 42.5 Å². The fraction of sp³-hybridized carbons (Fsp3) is 0.0667. The van der Waals surface area contributed by atoms with E-state index in [4.69, 9.17) is 24.3 Å². The Labute approximate surface area is 149 Å². The zero-order valence-corrected chi connectivity index (χ0v) is 15.2. The van der Waals surface area contributed by atoms with Crippen molar-refractivity contribution >= 4 is 27.8 Å². The average Bonchev–Trinajstić information content (AvgIpc) is 2.53. The summed E-state index contributed by atoms with van der Waals surface area (Å²) in [5.74, 6) is -1.36. The summed E-state index contributed by atoms with van der Waals surface area (Å²) >= 11 is 0. The lowest BCUT2D eigenvalue weighted by Gasteiger charge is -2.18. The Balaban J connectivity index is 2.59. The van der Waals surface area contributed by atoms with E-state index in [1.807, 2.05) is 6.07 Å². The van der Waals surface area contributed by atoms with Crippen molar-refractivity contribution < 1.29 is 42.5 Å². The van der Waals surface area contributed by atoms with Crippen LogP contribution in [0.5, 0.6) is 17.2 Å². The molecular formula is C15H16O9P2. The molecule has 4 N–H and O–H groups in total. The van der Waals surface area contributed by atoms with Gasteiger partial charge in [0.15, 0.2) is 11.5 Å². The molecule has 0 amide bonds. The average molecular weight is 402 g/mol. The predicted molar refractivity (Wildman–Crippen MR) is 93.7 cm³/mol. The molecule has 2 aromatic rings. The molecule has 0 unspecified atom stereocenters. The van der Waals surface area contributed by atoms with E-state index in [1.54, 1.807) is 30.3 Å². The maximum Gasteiger partial charge on any atom is 0.525 e. The number of hydrogen-bond donors (Lipinski definition) is 4. The molecule has 0 spiro atoms. The SMILES string of the molecule is COc1ccc(/C=C\c2ccccc2)c(OP(=O)(O)O)c1OP(=O)(O)O. The zero-order valence-electron chi connectivity index (χ0n) is 13.4. The van der Waals surface area contributed by atoms with Crippen molar-refractivity contribution in [1.29, 1.82) is 0 Å². The highest BCUT2D eigenvalue weighted by Gasteiger charge is 2.29. The molecule has 0 aliphatic rings. The van der Waals surface area contributed by atoms with Gasteiger partial charge in [-0.25, -0.2) is 9.13 Å². The van der Waals surface area contributed by atoms with Crippen LogP contribution >= 0.6 is 15.6 Å². The monoisotopic (exact) mass is 402 g/mol. The molecular weight excluding hydrogens is 386 g/mol. The highest BCUT2D eigenvalue weighted by Crippen LogP contribution is 2.52. The van der Waals surface area contributed by atoms with Gasteiger partial charge in [0.2, 0.25) is 5.75 Å². The van der Waals surface area contributed by atoms with E-state index >= 15 is 0 Å². The molecule has 26 heavy (non-hydrogen) atoms. The van der Waals surface area contributed by atoms with Crippen LogP contribution < -0.4 is 13.8 Å². The van der Waals surface area contributed by atoms with E-state index in [9.17, 15) is 9.13 Å². The van der Waals surface area contributed by atoms with Crippen LogP contribution in [0.25, 0.3) is 12.2 Å². The molecule has 0 heterocycles. The Morgan fingerprint density at radius 2 is 1.38 bits per heavy atom. The molecule has 2 aromatic carbocycles. The van der Waals surface area contributed by atoms with Crippen LogP contribution in [0, 0.1) is 0 Å². The number of phosphoric ester groups is 2. The van der Waals surface area contributed by atoms with Gasteiger partial charge in [0, 0.05) is 5.56 Å². The van der Waals surface area contributed by atoms with Gasteiger partial charge in [0.1, 0.15) is 0 Å². The van der Waals surface area contributed by atoms with Crippen LogP contribution in [0.2, 0.25) is 0 Å². The Bertz CT molecular complexity index is 883. The highest BCUT2D eigenvalue weighted by atomic mass is 31.2. The van der Waals surface area contributed by atoms with Crippen molar-refractivity contribution in [1.82, 2.24) is 0 Å². The zero-order chi connectivity index (χ0) is 19.4. The molecule has 0 saturated heterocycles. The lowest BCUT2D eigenvalue weighted by molar-refractivity contribution is 0.258. The number of phosphoric acid groups is 2. The Morgan fingerprint density at radius 1 is 0.808 bits per heavy atom. The smallest absolute Gasteiger partial charge is 0.493 e. The fourth-order valence-electron chi connectivity index (χ4n) is 2.02. The van der Waals surface area contributed by atoms with Crippen LogP contribution in [0.1, 0.15) is 11.1 Å². The molecule has 140 valence electrons. The molecule has 11 heteroatoms. The summed E-state index contributed by atoms with van der Waals surface area (Å²) in [5.41, 5.74) is 0.893. The first kappa shape index (κ1) is 20.2. The van der Waals surface area contributed by atoms with Crippen molar-refractivity contribution in [2.24, 2.45) is 0 Å². The molecule has 0 saturated carbocycles. The fourth-order valence-corrected chi connectivity index (χ4v) is 2.86. The third-order valence-corrected chi connectivity index (χ3v) is 3.84. The van der Waals surface area contributed by atoms with Gasteiger partial charge >= 0.3 is 15.6 Å². The molecule has 0 aliphatic heterocycles.